The van der Waals surface area contributed by atoms with E-state index in [1.54, 1.807) is 12.1 Å². The smallest absolute Gasteiger partial charge is 0.237 e. The summed E-state index contributed by atoms with van der Waals surface area (Å²) in [6.07, 6.45) is 0. The number of hydrogen-bond donors (Lipinski definition) is 1. The number of nitrogens with zero attached hydrogens (tertiary/aromatic N) is 1. The van der Waals surface area contributed by atoms with Gasteiger partial charge in [-0.25, -0.2) is 9.37 Å². The minimum atomic E-state index is -0.375. The number of nitrogens with one attached hydrogen (secondary N) is 1. The lowest BCUT2D eigenvalue weighted by molar-refractivity contribution is -0.115. The summed E-state index contributed by atoms with van der Waals surface area (Å²) >= 11 is 1.39. The molecule has 1 atom stereocenters. The van der Waals surface area contributed by atoms with Crippen LogP contribution in [0.15, 0.2) is 59.6 Å². The van der Waals surface area contributed by atoms with Gasteiger partial charge in [-0.15, -0.1) is 0 Å². The van der Waals surface area contributed by atoms with Gasteiger partial charge in [-0.1, -0.05) is 36.0 Å². The predicted octanol–water partition coefficient (Wildman–Crippen LogP) is 4.80. The maximum absolute atomic E-state index is 13.2. The SMILES string of the molecule is Cc1cc(SC(C)C(=O)Nc2cccc(F)c2)nc2ccccc12. The number of thioether (sulfide) groups is 1. The highest BCUT2D eigenvalue weighted by atomic mass is 32.2. The van der Waals surface area contributed by atoms with Crippen LogP contribution < -0.4 is 5.32 Å². The first-order valence-electron chi connectivity index (χ1n) is 7.62. The molecule has 0 spiro atoms. The summed E-state index contributed by atoms with van der Waals surface area (Å²) < 4.78 is 13.2. The van der Waals surface area contributed by atoms with Crippen LogP contribution in [0, 0.1) is 12.7 Å². The summed E-state index contributed by atoms with van der Waals surface area (Å²) in [7, 11) is 0. The van der Waals surface area contributed by atoms with Crippen LogP contribution in [0.2, 0.25) is 0 Å². The molecule has 0 aliphatic rings. The Hall–Kier alpha value is -2.40. The molecule has 122 valence electrons. The molecule has 0 saturated carbocycles. The second-order valence-electron chi connectivity index (χ2n) is 5.55. The summed E-state index contributed by atoms with van der Waals surface area (Å²) in [5, 5.41) is 4.29. The van der Waals surface area contributed by atoms with Crippen molar-refractivity contribution in [2.45, 2.75) is 24.1 Å². The fourth-order valence-corrected chi connectivity index (χ4v) is 3.35. The fraction of sp³-hybridized carbons (Fsp3) is 0.158. The number of para-hydroxylation sites is 1. The number of carbonyl (C=O) groups excluding carboxylic acids is 1. The Morgan fingerprint density at radius 3 is 2.75 bits per heavy atom. The van der Waals surface area contributed by atoms with Crippen molar-refractivity contribution in [3.8, 4) is 0 Å². The van der Waals surface area contributed by atoms with Gasteiger partial charge in [0.05, 0.1) is 15.8 Å². The molecule has 24 heavy (non-hydrogen) atoms. The van der Waals surface area contributed by atoms with Crippen LogP contribution in [-0.2, 0) is 4.79 Å². The fourth-order valence-electron chi connectivity index (χ4n) is 2.42. The van der Waals surface area contributed by atoms with Gasteiger partial charge in [-0.3, -0.25) is 4.79 Å². The number of benzene rings is 2. The first-order chi connectivity index (χ1) is 11.5. The van der Waals surface area contributed by atoms with E-state index >= 15 is 0 Å². The van der Waals surface area contributed by atoms with Crippen molar-refractivity contribution >= 4 is 34.3 Å². The number of amides is 1. The van der Waals surface area contributed by atoms with E-state index in [1.807, 2.05) is 44.2 Å². The highest BCUT2D eigenvalue weighted by Crippen LogP contribution is 2.27. The number of carbonyl (C=O) groups is 1. The molecule has 1 unspecified atom stereocenters. The number of rotatable bonds is 4. The summed E-state index contributed by atoms with van der Waals surface area (Å²) in [5.41, 5.74) is 2.49. The minimum Gasteiger partial charge on any atom is -0.325 e. The van der Waals surface area contributed by atoms with E-state index < -0.39 is 0 Å². The molecule has 1 N–H and O–H groups in total. The van der Waals surface area contributed by atoms with Crippen molar-refractivity contribution in [2.24, 2.45) is 0 Å². The average molecular weight is 340 g/mol. The van der Waals surface area contributed by atoms with Crippen LogP contribution in [0.3, 0.4) is 0 Å². The van der Waals surface area contributed by atoms with E-state index in [-0.39, 0.29) is 17.0 Å². The molecule has 3 nitrogen and oxygen atoms in total. The van der Waals surface area contributed by atoms with Crippen LogP contribution in [0.5, 0.6) is 0 Å². The van der Waals surface area contributed by atoms with E-state index in [0.29, 0.717) is 5.69 Å². The maximum Gasteiger partial charge on any atom is 0.237 e. The molecule has 1 heterocycles. The van der Waals surface area contributed by atoms with Gasteiger partial charge < -0.3 is 5.32 Å². The van der Waals surface area contributed by atoms with E-state index in [4.69, 9.17) is 0 Å². The second-order valence-corrected chi connectivity index (χ2v) is 6.92. The molecule has 0 bridgehead atoms. The molecular weight excluding hydrogens is 323 g/mol. The highest BCUT2D eigenvalue weighted by Gasteiger charge is 2.16. The highest BCUT2D eigenvalue weighted by molar-refractivity contribution is 8.00. The molecule has 3 aromatic rings. The van der Waals surface area contributed by atoms with Gasteiger partial charge in [0.25, 0.3) is 0 Å². The number of aromatic nitrogens is 1. The third-order valence-corrected chi connectivity index (χ3v) is 4.68. The van der Waals surface area contributed by atoms with Crippen LogP contribution in [-0.4, -0.2) is 16.1 Å². The van der Waals surface area contributed by atoms with E-state index in [0.717, 1.165) is 21.5 Å². The van der Waals surface area contributed by atoms with Crippen molar-refractivity contribution in [1.29, 1.82) is 0 Å². The summed E-state index contributed by atoms with van der Waals surface area (Å²) in [6.45, 7) is 3.84. The number of anilines is 1. The number of pyridine rings is 1. The van der Waals surface area contributed by atoms with Gasteiger partial charge in [0.15, 0.2) is 0 Å². The molecule has 0 aliphatic carbocycles. The predicted molar refractivity (Wildman–Crippen MR) is 96.8 cm³/mol. The Morgan fingerprint density at radius 1 is 1.17 bits per heavy atom. The van der Waals surface area contributed by atoms with E-state index in [9.17, 15) is 9.18 Å². The van der Waals surface area contributed by atoms with Crippen molar-refractivity contribution < 1.29 is 9.18 Å². The third kappa shape index (κ3) is 3.74. The zero-order valence-corrected chi connectivity index (χ0v) is 14.2. The molecule has 2 aromatic carbocycles. The Bertz CT molecular complexity index is 897. The largest absolute Gasteiger partial charge is 0.325 e. The van der Waals surface area contributed by atoms with Gasteiger partial charge in [0.2, 0.25) is 5.91 Å². The summed E-state index contributed by atoms with van der Waals surface area (Å²) in [6, 6.07) is 15.8. The maximum atomic E-state index is 13.2. The van der Waals surface area contributed by atoms with Crippen molar-refractivity contribution in [1.82, 2.24) is 4.98 Å². The summed E-state index contributed by atoms with van der Waals surface area (Å²) in [5.74, 6) is -0.557. The van der Waals surface area contributed by atoms with Gasteiger partial charge in [-0.2, -0.15) is 0 Å². The van der Waals surface area contributed by atoms with Gasteiger partial charge >= 0.3 is 0 Å². The zero-order chi connectivity index (χ0) is 17.1. The molecule has 0 fully saturated rings. The lowest BCUT2D eigenvalue weighted by atomic mass is 10.1. The number of fused-ring (bicyclic) bond motifs is 1. The molecule has 3 rings (SSSR count). The lowest BCUT2D eigenvalue weighted by Gasteiger charge is -2.13. The molecule has 0 aliphatic heterocycles. The van der Waals surface area contributed by atoms with E-state index in [1.165, 1.54) is 23.9 Å². The summed E-state index contributed by atoms with van der Waals surface area (Å²) in [4.78, 5) is 16.9. The van der Waals surface area contributed by atoms with Crippen LogP contribution in [0.25, 0.3) is 10.9 Å². The van der Waals surface area contributed by atoms with Crippen molar-refractivity contribution in [3.05, 3.63) is 66.0 Å². The van der Waals surface area contributed by atoms with E-state index in [2.05, 4.69) is 10.3 Å². The monoisotopic (exact) mass is 340 g/mol. The van der Waals surface area contributed by atoms with Crippen LogP contribution >= 0.6 is 11.8 Å². The second kappa shape index (κ2) is 7.01. The van der Waals surface area contributed by atoms with Gasteiger partial charge in [0, 0.05) is 11.1 Å². The molecule has 1 aromatic heterocycles. The topological polar surface area (TPSA) is 42.0 Å². The number of aryl methyl sites for hydroxylation is 1. The lowest BCUT2D eigenvalue weighted by Crippen LogP contribution is -2.22. The van der Waals surface area contributed by atoms with Gasteiger partial charge in [0.1, 0.15) is 5.82 Å². The van der Waals surface area contributed by atoms with Crippen LogP contribution in [0.1, 0.15) is 12.5 Å². The molecule has 0 radical (unpaired) electrons. The Balaban J connectivity index is 1.74. The number of hydrogen-bond acceptors (Lipinski definition) is 3. The third-order valence-electron chi connectivity index (χ3n) is 3.66. The Morgan fingerprint density at radius 2 is 1.96 bits per heavy atom. The minimum absolute atomic E-state index is 0.182. The normalized spacial score (nSPS) is 12.1. The first kappa shape index (κ1) is 16.5. The number of halogens is 1. The standard InChI is InChI=1S/C19H17FN2OS/c1-12-10-18(22-17-9-4-3-8-16(12)17)24-13(2)19(23)21-15-7-5-6-14(20)11-15/h3-11,13H,1-2H3,(H,21,23). The van der Waals surface area contributed by atoms with Crippen molar-refractivity contribution in [2.75, 3.05) is 5.32 Å². The molecule has 0 saturated heterocycles. The average Bonchev–Trinajstić information content (AvgIpc) is 2.55. The van der Waals surface area contributed by atoms with Crippen LogP contribution in [0.4, 0.5) is 10.1 Å². The molecule has 1 amide bonds. The molecule has 5 heteroatoms. The van der Waals surface area contributed by atoms with Gasteiger partial charge in [-0.05, 0) is 49.7 Å². The Labute approximate surface area is 144 Å². The Kier molecular flexibility index (Phi) is 4.81. The first-order valence-corrected chi connectivity index (χ1v) is 8.50. The quantitative estimate of drug-likeness (QED) is 0.694. The zero-order valence-electron chi connectivity index (χ0n) is 13.4. The molecular formula is C19H17FN2OS. The van der Waals surface area contributed by atoms with Crippen molar-refractivity contribution in [3.63, 3.8) is 0 Å².